The summed E-state index contributed by atoms with van der Waals surface area (Å²) >= 11 is 0. The van der Waals surface area contributed by atoms with Crippen LogP contribution in [0, 0.1) is 12.7 Å². The molecule has 2 aromatic rings. The molecule has 106 valence electrons. The Kier molecular flexibility index (Phi) is 3.46. The summed E-state index contributed by atoms with van der Waals surface area (Å²) in [4.78, 5) is 0. The van der Waals surface area contributed by atoms with Gasteiger partial charge in [-0.15, -0.1) is 0 Å². The number of nitrogen functional groups attached to an aromatic ring is 2. The molecule has 4 N–H and O–H groups in total. The smallest absolute Gasteiger partial charge is 0.135 e. The van der Waals surface area contributed by atoms with Crippen molar-refractivity contribution in [3.63, 3.8) is 0 Å². The SMILES string of the molecule is Cc1c(N)cc(F)c(-c2ccc(C(C)(C)C)cc2)c1N. The summed E-state index contributed by atoms with van der Waals surface area (Å²) in [6.45, 7) is 8.23. The second-order valence-electron chi connectivity index (χ2n) is 6.19. The Morgan fingerprint density at radius 1 is 1.00 bits per heavy atom. The molecule has 0 aliphatic rings. The summed E-state index contributed by atoms with van der Waals surface area (Å²) in [7, 11) is 0. The number of rotatable bonds is 1. The lowest BCUT2D eigenvalue weighted by atomic mass is 9.86. The molecule has 0 bridgehead atoms. The maximum absolute atomic E-state index is 14.2. The maximum Gasteiger partial charge on any atom is 0.135 e. The fourth-order valence-electron chi connectivity index (χ4n) is 2.22. The molecule has 0 radical (unpaired) electrons. The van der Waals surface area contributed by atoms with Gasteiger partial charge < -0.3 is 11.5 Å². The van der Waals surface area contributed by atoms with Crippen LogP contribution in [-0.4, -0.2) is 0 Å². The molecule has 0 aliphatic carbocycles. The third-order valence-electron chi connectivity index (χ3n) is 3.67. The molecule has 0 spiro atoms. The second kappa shape index (κ2) is 4.82. The monoisotopic (exact) mass is 272 g/mol. The molecule has 0 amide bonds. The van der Waals surface area contributed by atoms with Gasteiger partial charge in [-0.1, -0.05) is 45.0 Å². The van der Waals surface area contributed by atoms with E-state index in [-0.39, 0.29) is 11.2 Å². The van der Waals surface area contributed by atoms with Gasteiger partial charge in [-0.3, -0.25) is 0 Å². The predicted octanol–water partition coefficient (Wildman–Crippen LogP) is 4.26. The van der Waals surface area contributed by atoms with E-state index in [1.165, 1.54) is 11.6 Å². The zero-order chi connectivity index (χ0) is 15.1. The molecule has 2 rings (SSSR count). The van der Waals surface area contributed by atoms with Crippen molar-refractivity contribution >= 4 is 11.4 Å². The topological polar surface area (TPSA) is 52.0 Å². The molecule has 2 nitrogen and oxygen atoms in total. The lowest BCUT2D eigenvalue weighted by Crippen LogP contribution is -2.10. The zero-order valence-corrected chi connectivity index (χ0v) is 12.4. The summed E-state index contributed by atoms with van der Waals surface area (Å²) in [6.07, 6.45) is 0. The van der Waals surface area contributed by atoms with Crippen molar-refractivity contribution in [3.8, 4) is 11.1 Å². The van der Waals surface area contributed by atoms with Gasteiger partial charge in [-0.05, 0) is 35.1 Å². The van der Waals surface area contributed by atoms with Crippen LogP contribution in [-0.2, 0) is 5.41 Å². The van der Waals surface area contributed by atoms with Crippen LogP contribution in [0.5, 0.6) is 0 Å². The Hall–Kier alpha value is -2.03. The van der Waals surface area contributed by atoms with Crippen molar-refractivity contribution in [1.82, 2.24) is 0 Å². The molecule has 0 saturated carbocycles. The molecule has 0 aromatic heterocycles. The minimum atomic E-state index is -0.380. The quantitative estimate of drug-likeness (QED) is 0.762. The number of hydrogen-bond acceptors (Lipinski definition) is 2. The number of nitrogens with two attached hydrogens (primary N) is 2. The van der Waals surface area contributed by atoms with Crippen LogP contribution < -0.4 is 11.5 Å². The molecule has 0 aliphatic heterocycles. The molecular formula is C17H21FN2. The standard InChI is InChI=1S/C17H21FN2/c1-10-14(19)9-13(18)15(16(10)20)11-5-7-12(8-6-11)17(2,3)4/h5-9H,19-20H2,1-4H3. The molecule has 0 unspecified atom stereocenters. The summed E-state index contributed by atoms with van der Waals surface area (Å²) in [5.41, 5.74) is 15.7. The van der Waals surface area contributed by atoms with Crippen molar-refractivity contribution in [2.45, 2.75) is 33.1 Å². The Balaban J connectivity index is 2.56. The Morgan fingerprint density at radius 3 is 2.05 bits per heavy atom. The lowest BCUT2D eigenvalue weighted by Gasteiger charge is -2.19. The third-order valence-corrected chi connectivity index (χ3v) is 3.67. The lowest BCUT2D eigenvalue weighted by molar-refractivity contribution is 0.590. The molecule has 0 fully saturated rings. The van der Waals surface area contributed by atoms with Crippen LogP contribution in [0.25, 0.3) is 11.1 Å². The van der Waals surface area contributed by atoms with Crippen LogP contribution >= 0.6 is 0 Å². The van der Waals surface area contributed by atoms with Gasteiger partial charge in [0.2, 0.25) is 0 Å². The predicted molar refractivity (Wildman–Crippen MR) is 84.1 cm³/mol. The van der Waals surface area contributed by atoms with Gasteiger partial charge in [0, 0.05) is 16.9 Å². The minimum Gasteiger partial charge on any atom is -0.398 e. The summed E-state index contributed by atoms with van der Waals surface area (Å²) in [5, 5.41) is 0. The fourth-order valence-corrected chi connectivity index (χ4v) is 2.22. The van der Waals surface area contributed by atoms with Crippen molar-refractivity contribution in [1.29, 1.82) is 0 Å². The van der Waals surface area contributed by atoms with E-state index in [0.717, 1.165) is 11.1 Å². The van der Waals surface area contributed by atoms with E-state index in [4.69, 9.17) is 11.5 Å². The first-order valence-electron chi connectivity index (χ1n) is 6.67. The van der Waals surface area contributed by atoms with Gasteiger partial charge in [-0.25, -0.2) is 4.39 Å². The number of benzene rings is 2. The van der Waals surface area contributed by atoms with Crippen LogP contribution in [0.1, 0.15) is 31.9 Å². The molecule has 0 atom stereocenters. The van der Waals surface area contributed by atoms with Gasteiger partial charge in [0.05, 0.1) is 0 Å². The summed E-state index contributed by atoms with van der Waals surface area (Å²) in [5.74, 6) is -0.380. The molecular weight excluding hydrogens is 251 g/mol. The number of hydrogen-bond donors (Lipinski definition) is 2. The van der Waals surface area contributed by atoms with Crippen molar-refractivity contribution < 1.29 is 4.39 Å². The highest BCUT2D eigenvalue weighted by Crippen LogP contribution is 2.35. The second-order valence-corrected chi connectivity index (χ2v) is 6.19. The van der Waals surface area contributed by atoms with Crippen molar-refractivity contribution in [3.05, 3.63) is 47.3 Å². The maximum atomic E-state index is 14.2. The van der Waals surface area contributed by atoms with Gasteiger partial charge in [0.25, 0.3) is 0 Å². The van der Waals surface area contributed by atoms with Crippen LogP contribution in [0.2, 0.25) is 0 Å². The highest BCUT2D eigenvalue weighted by atomic mass is 19.1. The normalized spacial score (nSPS) is 11.7. The molecule has 2 aromatic carbocycles. The van der Waals surface area contributed by atoms with E-state index < -0.39 is 0 Å². The van der Waals surface area contributed by atoms with Gasteiger partial charge >= 0.3 is 0 Å². The van der Waals surface area contributed by atoms with E-state index in [0.29, 0.717) is 16.9 Å². The van der Waals surface area contributed by atoms with Crippen molar-refractivity contribution in [2.24, 2.45) is 0 Å². The first-order chi connectivity index (χ1) is 9.21. The Labute approximate surface area is 119 Å². The zero-order valence-electron chi connectivity index (χ0n) is 12.4. The van der Waals surface area contributed by atoms with Crippen LogP contribution in [0.15, 0.2) is 30.3 Å². The summed E-state index contributed by atoms with van der Waals surface area (Å²) in [6, 6.07) is 9.18. The van der Waals surface area contributed by atoms with Crippen LogP contribution in [0.4, 0.5) is 15.8 Å². The molecule has 0 heterocycles. The highest BCUT2D eigenvalue weighted by molar-refractivity contribution is 5.82. The van der Waals surface area contributed by atoms with E-state index in [9.17, 15) is 4.39 Å². The van der Waals surface area contributed by atoms with E-state index in [1.807, 2.05) is 24.3 Å². The fraction of sp³-hybridized carbons (Fsp3) is 0.294. The van der Waals surface area contributed by atoms with Gasteiger partial charge in [0.1, 0.15) is 5.82 Å². The Morgan fingerprint density at radius 2 is 1.55 bits per heavy atom. The van der Waals surface area contributed by atoms with E-state index in [1.54, 1.807) is 6.92 Å². The Bertz CT molecular complexity index is 638. The largest absolute Gasteiger partial charge is 0.398 e. The van der Waals surface area contributed by atoms with Crippen LogP contribution in [0.3, 0.4) is 0 Å². The number of halogens is 1. The first-order valence-corrected chi connectivity index (χ1v) is 6.67. The highest BCUT2D eigenvalue weighted by Gasteiger charge is 2.16. The summed E-state index contributed by atoms with van der Waals surface area (Å²) < 4.78 is 14.2. The minimum absolute atomic E-state index is 0.0691. The van der Waals surface area contributed by atoms with Gasteiger partial charge in [-0.2, -0.15) is 0 Å². The molecule has 0 saturated heterocycles. The third kappa shape index (κ3) is 2.48. The first kappa shape index (κ1) is 14.4. The van der Waals surface area contributed by atoms with E-state index >= 15 is 0 Å². The average Bonchev–Trinajstić information content (AvgIpc) is 2.36. The average molecular weight is 272 g/mol. The number of anilines is 2. The van der Waals surface area contributed by atoms with Gasteiger partial charge in [0.15, 0.2) is 0 Å². The van der Waals surface area contributed by atoms with Crippen molar-refractivity contribution in [2.75, 3.05) is 11.5 Å². The molecule has 20 heavy (non-hydrogen) atoms. The molecule has 3 heteroatoms. The van der Waals surface area contributed by atoms with E-state index in [2.05, 4.69) is 20.8 Å².